The number of hydrogen-bond donors (Lipinski definition) is 0. The summed E-state index contributed by atoms with van der Waals surface area (Å²) in [4.78, 5) is 11.1. The van der Waals surface area contributed by atoms with E-state index in [2.05, 4.69) is 231 Å². The lowest BCUT2D eigenvalue weighted by Gasteiger charge is -2.32. The molecule has 10 aromatic carbocycles. The van der Waals surface area contributed by atoms with Crippen LogP contribution in [-0.2, 0) is 5.41 Å². The molecule has 1 spiro atoms. The summed E-state index contributed by atoms with van der Waals surface area (Å²) in [5.41, 5.74) is 22.7. The molecule has 0 fully saturated rings. The molecule has 2 aromatic heterocycles. The van der Waals surface area contributed by atoms with Gasteiger partial charge in [0, 0.05) is 33.0 Å². The molecule has 0 N–H and O–H groups in total. The summed E-state index contributed by atoms with van der Waals surface area (Å²) in [5.74, 6) is 0.670. The number of benzene rings is 10. The third-order valence-electron chi connectivity index (χ3n) is 14.3. The highest BCUT2D eigenvalue weighted by Gasteiger charge is 2.52. The van der Waals surface area contributed by atoms with E-state index in [0.29, 0.717) is 5.82 Å². The maximum Gasteiger partial charge on any atom is 0.160 e. The summed E-state index contributed by atoms with van der Waals surface area (Å²) in [6.07, 6.45) is 0. The Labute approximate surface area is 394 Å². The predicted molar refractivity (Wildman–Crippen MR) is 278 cm³/mol. The van der Waals surface area contributed by atoms with Crippen LogP contribution < -0.4 is 0 Å². The minimum absolute atomic E-state index is 0.548. The second-order valence-electron chi connectivity index (χ2n) is 17.9. The highest BCUT2D eigenvalue weighted by molar-refractivity contribution is 6.10. The number of para-hydroxylation sites is 2. The molecule has 316 valence electrons. The van der Waals surface area contributed by atoms with Crippen LogP contribution in [0.4, 0.5) is 0 Å². The average Bonchev–Trinajstić information content (AvgIpc) is 4.06. The first-order chi connectivity index (χ1) is 33.7. The second kappa shape index (κ2) is 15.1. The van der Waals surface area contributed by atoms with Gasteiger partial charge in [-0.05, 0) is 103 Å². The number of aromatic nitrogens is 2. The third-order valence-corrected chi connectivity index (χ3v) is 14.3. The monoisotopic (exact) mass is 864 g/mol. The topological polar surface area (TPSA) is 38.9 Å². The van der Waals surface area contributed by atoms with E-state index in [1.165, 1.54) is 44.5 Å². The molecular weight excluding hydrogens is 825 g/mol. The fraction of sp³-hybridized carbons (Fsp3) is 0.0154. The van der Waals surface area contributed by atoms with E-state index in [-0.39, 0.29) is 0 Å². The summed E-state index contributed by atoms with van der Waals surface area (Å²) >= 11 is 0. The lowest BCUT2D eigenvalue weighted by Crippen LogP contribution is -2.26. The van der Waals surface area contributed by atoms with E-state index >= 15 is 0 Å². The lowest BCUT2D eigenvalue weighted by molar-refractivity contribution is 0.670. The van der Waals surface area contributed by atoms with E-state index in [1.807, 2.05) is 12.1 Å². The maximum absolute atomic E-state index is 6.72. The molecule has 0 unspecified atom stereocenters. The Morgan fingerprint density at radius 3 is 1.44 bits per heavy atom. The zero-order valence-electron chi connectivity index (χ0n) is 36.9. The molecular formula is C65H40N2O. The molecule has 2 aliphatic rings. The molecule has 14 rings (SSSR count). The average molecular weight is 865 g/mol. The van der Waals surface area contributed by atoms with Crippen molar-refractivity contribution in [2.24, 2.45) is 0 Å². The van der Waals surface area contributed by atoms with Gasteiger partial charge in [-0.1, -0.05) is 212 Å². The molecule has 3 nitrogen and oxygen atoms in total. The van der Waals surface area contributed by atoms with E-state index in [4.69, 9.17) is 14.4 Å². The van der Waals surface area contributed by atoms with Gasteiger partial charge in [0.1, 0.15) is 11.2 Å². The van der Waals surface area contributed by atoms with Gasteiger partial charge in [-0.3, -0.25) is 0 Å². The van der Waals surface area contributed by atoms with Crippen LogP contribution in [0.5, 0.6) is 0 Å². The summed E-state index contributed by atoms with van der Waals surface area (Å²) in [5, 5.41) is 2.19. The summed E-state index contributed by atoms with van der Waals surface area (Å²) in [6, 6.07) is 87.4. The Kier molecular flexibility index (Phi) is 8.50. The van der Waals surface area contributed by atoms with E-state index in [9.17, 15) is 0 Å². The van der Waals surface area contributed by atoms with Crippen LogP contribution in [-0.4, -0.2) is 9.97 Å². The number of hydrogen-bond acceptors (Lipinski definition) is 3. The number of furan rings is 1. The van der Waals surface area contributed by atoms with Gasteiger partial charge < -0.3 is 4.42 Å². The van der Waals surface area contributed by atoms with Gasteiger partial charge in [-0.15, -0.1) is 0 Å². The molecule has 0 bridgehead atoms. The summed E-state index contributed by atoms with van der Waals surface area (Å²) in [6.45, 7) is 0. The van der Waals surface area contributed by atoms with Crippen LogP contribution in [0.1, 0.15) is 22.3 Å². The quantitative estimate of drug-likeness (QED) is 0.167. The molecule has 68 heavy (non-hydrogen) atoms. The molecule has 0 amide bonds. The second-order valence-corrected chi connectivity index (χ2v) is 17.9. The first-order valence-corrected chi connectivity index (χ1v) is 23.3. The van der Waals surface area contributed by atoms with Gasteiger partial charge in [-0.2, -0.15) is 0 Å². The highest BCUT2D eigenvalue weighted by Crippen LogP contribution is 2.64. The molecule has 0 aliphatic heterocycles. The largest absolute Gasteiger partial charge is 0.455 e. The zero-order chi connectivity index (χ0) is 44.8. The van der Waals surface area contributed by atoms with Gasteiger partial charge >= 0.3 is 0 Å². The van der Waals surface area contributed by atoms with Crippen LogP contribution in [0.3, 0.4) is 0 Å². The van der Waals surface area contributed by atoms with Crippen LogP contribution >= 0.6 is 0 Å². The zero-order valence-corrected chi connectivity index (χ0v) is 36.9. The van der Waals surface area contributed by atoms with Crippen molar-refractivity contribution in [3.8, 4) is 89.5 Å². The fourth-order valence-corrected chi connectivity index (χ4v) is 11.5. The minimum Gasteiger partial charge on any atom is -0.455 e. The van der Waals surface area contributed by atoms with Crippen molar-refractivity contribution in [1.29, 1.82) is 0 Å². The highest BCUT2D eigenvalue weighted by atomic mass is 16.3. The minimum atomic E-state index is -0.548. The van der Waals surface area contributed by atoms with Crippen molar-refractivity contribution in [2.75, 3.05) is 0 Å². The number of fused-ring (bicyclic) bond motifs is 13. The van der Waals surface area contributed by atoms with Crippen molar-refractivity contribution in [3.63, 3.8) is 0 Å². The smallest absolute Gasteiger partial charge is 0.160 e. The Morgan fingerprint density at radius 2 is 0.750 bits per heavy atom. The molecule has 0 saturated heterocycles. The third kappa shape index (κ3) is 5.66. The molecule has 2 aliphatic carbocycles. The number of rotatable bonds is 6. The maximum atomic E-state index is 6.72. The van der Waals surface area contributed by atoms with Crippen LogP contribution in [0.25, 0.3) is 111 Å². The van der Waals surface area contributed by atoms with Crippen molar-refractivity contribution >= 4 is 21.9 Å². The number of nitrogens with zero attached hydrogens (tertiary/aromatic N) is 2. The lowest BCUT2D eigenvalue weighted by atomic mass is 9.69. The molecule has 3 heteroatoms. The molecule has 0 atom stereocenters. The van der Waals surface area contributed by atoms with Gasteiger partial charge in [0.2, 0.25) is 0 Å². The molecule has 0 radical (unpaired) electrons. The Balaban J connectivity index is 1.05. The Bertz CT molecular complexity index is 3910. The SMILES string of the molecule is c1ccc(-c2nc(-c3cc(-c4ccccc4-c4ccccc4)cc(-c4cccc5c4oc4ccccc45)c3)cc(-c3cccc4c3C3(c5ccccc5-c5ccccc53)c3ccccc3-4)n2)cc1. The van der Waals surface area contributed by atoms with Gasteiger partial charge in [-0.25, -0.2) is 9.97 Å². The van der Waals surface area contributed by atoms with E-state index < -0.39 is 5.41 Å². The molecule has 12 aromatic rings. The van der Waals surface area contributed by atoms with Crippen LogP contribution in [0, 0.1) is 0 Å². The summed E-state index contributed by atoms with van der Waals surface area (Å²) < 4.78 is 6.72. The normalized spacial score (nSPS) is 12.8. The summed E-state index contributed by atoms with van der Waals surface area (Å²) in [7, 11) is 0. The van der Waals surface area contributed by atoms with E-state index in [0.717, 1.165) is 83.4 Å². The standard InChI is InChI=1S/C65H40N2O/c1-3-19-41(20-4-1)46-23-7-8-24-47(46)43-37-44(48-29-17-31-54-52-28-12-16-36-61(52)68-63(48)54)39-45(38-43)59-40-60(67-64(66-59)42-21-5-2-6-22-42)55-32-18-30-53-51-27-11-15-35-58(51)65(62(53)55)56-33-13-9-25-49(56)50-26-10-14-34-57(50)65/h1-40H. The fourth-order valence-electron chi connectivity index (χ4n) is 11.5. The predicted octanol–water partition coefficient (Wildman–Crippen LogP) is 16.7. The van der Waals surface area contributed by atoms with Gasteiger partial charge in [0.25, 0.3) is 0 Å². The van der Waals surface area contributed by atoms with Gasteiger partial charge in [0.05, 0.1) is 16.8 Å². The van der Waals surface area contributed by atoms with Crippen LogP contribution in [0.2, 0.25) is 0 Å². The van der Waals surface area contributed by atoms with Crippen molar-refractivity contribution in [3.05, 3.63) is 265 Å². The Morgan fingerprint density at radius 1 is 0.294 bits per heavy atom. The van der Waals surface area contributed by atoms with Crippen molar-refractivity contribution in [1.82, 2.24) is 9.97 Å². The van der Waals surface area contributed by atoms with Crippen LogP contribution in [0.15, 0.2) is 247 Å². The van der Waals surface area contributed by atoms with Crippen molar-refractivity contribution < 1.29 is 4.42 Å². The first-order valence-electron chi connectivity index (χ1n) is 23.3. The van der Waals surface area contributed by atoms with E-state index in [1.54, 1.807) is 0 Å². The van der Waals surface area contributed by atoms with Gasteiger partial charge in [0.15, 0.2) is 5.82 Å². The molecule has 2 heterocycles. The molecule has 0 saturated carbocycles. The Hall–Kier alpha value is -8.92. The van der Waals surface area contributed by atoms with Crippen molar-refractivity contribution in [2.45, 2.75) is 5.41 Å². The first kappa shape index (κ1) is 38.4.